The molecule has 0 bridgehead atoms. The van der Waals surface area contributed by atoms with Crippen molar-refractivity contribution in [2.75, 3.05) is 20.3 Å². The van der Waals surface area contributed by atoms with E-state index in [0.29, 0.717) is 25.6 Å². The van der Waals surface area contributed by atoms with Gasteiger partial charge in [0.1, 0.15) is 5.75 Å². The summed E-state index contributed by atoms with van der Waals surface area (Å²) in [7, 11) is 1.53. The van der Waals surface area contributed by atoms with Crippen molar-refractivity contribution in [3.8, 4) is 16.9 Å². The van der Waals surface area contributed by atoms with Gasteiger partial charge in [-0.05, 0) is 59.7 Å². The van der Waals surface area contributed by atoms with E-state index in [1.165, 1.54) is 29.4 Å². The highest BCUT2D eigenvalue weighted by Gasteiger charge is 2.27. The minimum absolute atomic E-state index is 0.328. The van der Waals surface area contributed by atoms with Gasteiger partial charge in [-0.2, -0.15) is 0 Å². The quantitative estimate of drug-likeness (QED) is 0.302. The molecule has 166 valence electrons. The molecule has 1 aliphatic rings. The van der Waals surface area contributed by atoms with Gasteiger partial charge in [0.05, 0.1) is 13.2 Å². The highest BCUT2D eigenvalue weighted by molar-refractivity contribution is 5.78. The van der Waals surface area contributed by atoms with E-state index in [4.69, 9.17) is 14.2 Å². The summed E-state index contributed by atoms with van der Waals surface area (Å²) in [5.41, 5.74) is 6.58. The van der Waals surface area contributed by atoms with E-state index in [-0.39, 0.29) is 5.97 Å². The zero-order valence-electron chi connectivity index (χ0n) is 18.8. The van der Waals surface area contributed by atoms with E-state index in [1.807, 2.05) is 24.3 Å². The van der Waals surface area contributed by atoms with E-state index in [0.717, 1.165) is 24.2 Å². The van der Waals surface area contributed by atoms with Gasteiger partial charge in [-0.15, -0.1) is 0 Å². The van der Waals surface area contributed by atoms with Crippen LogP contribution in [-0.4, -0.2) is 32.4 Å². The van der Waals surface area contributed by atoms with Crippen LogP contribution in [0.4, 0.5) is 0 Å². The molecule has 1 unspecified atom stereocenters. The van der Waals surface area contributed by atoms with Gasteiger partial charge in [0.25, 0.3) is 0 Å². The molecule has 4 nitrogen and oxygen atoms in total. The molecule has 0 aliphatic heterocycles. The van der Waals surface area contributed by atoms with E-state index in [9.17, 15) is 4.79 Å². The van der Waals surface area contributed by atoms with Crippen LogP contribution < -0.4 is 4.74 Å². The fourth-order valence-corrected chi connectivity index (χ4v) is 4.48. The second-order valence-corrected chi connectivity index (χ2v) is 8.04. The van der Waals surface area contributed by atoms with Crippen molar-refractivity contribution in [1.29, 1.82) is 0 Å². The molecule has 4 heteroatoms. The molecule has 0 saturated carbocycles. The SMILES string of the molecule is CCOC(=O)C(Cc1ccc(OCCCC2c3ccccc3-c3ccccc32)cc1)OC. The first-order valence-electron chi connectivity index (χ1n) is 11.3. The molecule has 4 rings (SSSR count). The van der Waals surface area contributed by atoms with Crippen LogP contribution in [0.1, 0.15) is 42.4 Å². The number of carbonyl (C=O) groups excluding carboxylic acids is 1. The standard InChI is InChI=1S/C28H30O4/c1-3-31-28(29)27(30-2)19-20-14-16-21(17-15-20)32-18-8-13-26-24-11-6-4-9-22(24)23-10-5-7-12-25(23)26/h4-7,9-12,14-17,26-27H,3,8,13,18-19H2,1-2H3. The molecule has 32 heavy (non-hydrogen) atoms. The molecule has 0 radical (unpaired) electrons. The van der Waals surface area contributed by atoms with Crippen molar-refractivity contribution < 1.29 is 19.0 Å². The van der Waals surface area contributed by atoms with Crippen molar-refractivity contribution in [2.24, 2.45) is 0 Å². The van der Waals surface area contributed by atoms with Crippen LogP contribution in [0.3, 0.4) is 0 Å². The molecule has 3 aromatic rings. The number of fused-ring (bicyclic) bond motifs is 3. The molecular formula is C28H30O4. The van der Waals surface area contributed by atoms with Crippen molar-refractivity contribution in [2.45, 2.75) is 38.2 Å². The summed E-state index contributed by atoms with van der Waals surface area (Å²) in [6.07, 6.45) is 1.93. The molecular weight excluding hydrogens is 400 g/mol. The van der Waals surface area contributed by atoms with E-state index in [2.05, 4.69) is 48.5 Å². The first kappa shape index (κ1) is 22.1. The van der Waals surface area contributed by atoms with Gasteiger partial charge in [-0.25, -0.2) is 4.79 Å². The summed E-state index contributed by atoms with van der Waals surface area (Å²) in [5, 5.41) is 0. The smallest absolute Gasteiger partial charge is 0.335 e. The second kappa shape index (κ2) is 10.5. The fourth-order valence-electron chi connectivity index (χ4n) is 4.48. The molecule has 1 aliphatic carbocycles. The Labute approximate surface area is 190 Å². The first-order chi connectivity index (χ1) is 15.7. The summed E-state index contributed by atoms with van der Waals surface area (Å²) < 4.78 is 16.3. The molecule has 0 N–H and O–H groups in total. The van der Waals surface area contributed by atoms with Crippen LogP contribution in [-0.2, 0) is 20.7 Å². The normalized spacial score (nSPS) is 13.3. The largest absolute Gasteiger partial charge is 0.494 e. The Morgan fingerprint density at radius 1 is 0.906 bits per heavy atom. The van der Waals surface area contributed by atoms with Gasteiger partial charge in [0.15, 0.2) is 6.10 Å². The zero-order valence-corrected chi connectivity index (χ0v) is 18.8. The number of rotatable bonds is 10. The lowest BCUT2D eigenvalue weighted by atomic mass is 9.92. The maximum Gasteiger partial charge on any atom is 0.335 e. The minimum atomic E-state index is -0.584. The molecule has 0 heterocycles. The van der Waals surface area contributed by atoms with Crippen molar-refractivity contribution in [3.63, 3.8) is 0 Å². The molecule has 3 aromatic carbocycles. The van der Waals surface area contributed by atoms with Gasteiger partial charge < -0.3 is 14.2 Å². The topological polar surface area (TPSA) is 44.8 Å². The number of methoxy groups -OCH3 is 1. The molecule has 0 saturated heterocycles. The highest BCUT2D eigenvalue weighted by atomic mass is 16.6. The Morgan fingerprint density at radius 3 is 2.12 bits per heavy atom. The average molecular weight is 431 g/mol. The van der Waals surface area contributed by atoms with E-state index >= 15 is 0 Å². The Balaban J connectivity index is 1.30. The lowest BCUT2D eigenvalue weighted by molar-refractivity contribution is -0.154. The lowest BCUT2D eigenvalue weighted by Crippen LogP contribution is -2.27. The average Bonchev–Trinajstić information content (AvgIpc) is 3.15. The molecule has 1 atom stereocenters. The summed E-state index contributed by atoms with van der Waals surface area (Å²) in [4.78, 5) is 11.9. The molecule has 0 aromatic heterocycles. The van der Waals surface area contributed by atoms with Gasteiger partial charge >= 0.3 is 5.97 Å². The van der Waals surface area contributed by atoms with Gasteiger partial charge in [0.2, 0.25) is 0 Å². The predicted octanol–water partition coefficient (Wildman–Crippen LogP) is 5.78. The number of carbonyl (C=O) groups is 1. The monoisotopic (exact) mass is 430 g/mol. The van der Waals surface area contributed by atoms with E-state index < -0.39 is 6.10 Å². The third-order valence-corrected chi connectivity index (χ3v) is 6.05. The first-order valence-corrected chi connectivity index (χ1v) is 11.3. The lowest BCUT2D eigenvalue weighted by Gasteiger charge is -2.15. The Hall–Kier alpha value is -3.11. The van der Waals surface area contributed by atoms with Gasteiger partial charge in [0, 0.05) is 19.4 Å². The van der Waals surface area contributed by atoms with Crippen molar-refractivity contribution >= 4 is 5.97 Å². The van der Waals surface area contributed by atoms with Crippen LogP contribution in [0.25, 0.3) is 11.1 Å². The van der Waals surface area contributed by atoms with Crippen molar-refractivity contribution in [1.82, 2.24) is 0 Å². The summed E-state index contributed by atoms with van der Waals surface area (Å²) >= 11 is 0. The molecule has 0 amide bonds. The van der Waals surface area contributed by atoms with Crippen LogP contribution >= 0.6 is 0 Å². The number of benzene rings is 3. The van der Waals surface area contributed by atoms with Crippen LogP contribution in [0, 0.1) is 0 Å². The van der Waals surface area contributed by atoms with Gasteiger partial charge in [-0.1, -0.05) is 60.7 Å². The predicted molar refractivity (Wildman–Crippen MR) is 126 cm³/mol. The maximum absolute atomic E-state index is 11.9. The molecule has 0 fully saturated rings. The number of esters is 1. The summed E-state index contributed by atoms with van der Waals surface area (Å²) in [6.45, 7) is 2.81. The molecule has 0 spiro atoms. The Kier molecular flexibility index (Phi) is 7.23. The highest BCUT2D eigenvalue weighted by Crippen LogP contribution is 2.46. The number of hydrogen-bond acceptors (Lipinski definition) is 4. The van der Waals surface area contributed by atoms with Crippen LogP contribution in [0.5, 0.6) is 5.75 Å². The summed E-state index contributed by atoms with van der Waals surface area (Å²) in [6, 6.07) is 25.3. The minimum Gasteiger partial charge on any atom is -0.494 e. The number of ether oxygens (including phenoxy) is 3. The van der Waals surface area contributed by atoms with Gasteiger partial charge in [-0.3, -0.25) is 0 Å². The Bertz CT molecular complexity index is 996. The van der Waals surface area contributed by atoms with Crippen molar-refractivity contribution in [3.05, 3.63) is 89.5 Å². The van der Waals surface area contributed by atoms with E-state index in [1.54, 1.807) is 6.92 Å². The number of hydrogen-bond donors (Lipinski definition) is 0. The third kappa shape index (κ3) is 4.86. The van der Waals surface area contributed by atoms with Crippen LogP contribution in [0.2, 0.25) is 0 Å². The Morgan fingerprint density at radius 2 is 1.53 bits per heavy atom. The maximum atomic E-state index is 11.9. The fraction of sp³-hybridized carbons (Fsp3) is 0.321. The zero-order chi connectivity index (χ0) is 22.3. The summed E-state index contributed by atoms with van der Waals surface area (Å²) in [5.74, 6) is 0.943. The third-order valence-electron chi connectivity index (χ3n) is 6.05. The van der Waals surface area contributed by atoms with Crippen LogP contribution in [0.15, 0.2) is 72.8 Å². The second-order valence-electron chi connectivity index (χ2n) is 8.04.